The molecular weight excluding hydrogens is 136 g/mol. The van der Waals surface area contributed by atoms with E-state index in [0.29, 0.717) is 17.6 Å². The van der Waals surface area contributed by atoms with Gasteiger partial charge in [0, 0.05) is 11.8 Å². The molecule has 11 heavy (non-hydrogen) atoms. The van der Waals surface area contributed by atoms with Gasteiger partial charge in [-0.05, 0) is 31.6 Å². The number of ketones is 1. The number of carbonyl (C=O) groups is 1. The quantitative estimate of drug-likeness (QED) is 0.551. The molecule has 60 valence electrons. The largest absolute Gasteiger partial charge is 0.299 e. The molecule has 0 heterocycles. The van der Waals surface area contributed by atoms with Crippen LogP contribution in [0.2, 0.25) is 0 Å². The van der Waals surface area contributed by atoms with Crippen LogP contribution in [0.1, 0.15) is 25.7 Å². The zero-order valence-electron chi connectivity index (χ0n) is 6.75. The molecule has 2 saturated carbocycles. The number of allylic oxidation sites excluding steroid dienone is 1. The predicted octanol–water partition coefficient (Wildman–Crippen LogP) is 2.18. The van der Waals surface area contributed by atoms with Crippen LogP contribution in [0.5, 0.6) is 0 Å². The summed E-state index contributed by atoms with van der Waals surface area (Å²) in [7, 11) is 0. The minimum atomic E-state index is 0.330. The topological polar surface area (TPSA) is 17.1 Å². The Morgan fingerprint density at radius 2 is 2.36 bits per heavy atom. The highest BCUT2D eigenvalue weighted by Gasteiger charge is 2.48. The Balaban J connectivity index is 1.99. The zero-order valence-corrected chi connectivity index (χ0v) is 6.75. The van der Waals surface area contributed by atoms with E-state index in [-0.39, 0.29) is 0 Å². The molecule has 0 bridgehead atoms. The molecule has 0 unspecified atom stereocenters. The molecule has 1 heteroatoms. The molecule has 0 aliphatic heterocycles. The maximum Gasteiger partial charge on any atom is 0.139 e. The van der Waals surface area contributed by atoms with Crippen molar-refractivity contribution < 1.29 is 4.79 Å². The molecule has 2 fully saturated rings. The fraction of sp³-hybridized carbons (Fsp3) is 0.700. The molecule has 0 aromatic rings. The van der Waals surface area contributed by atoms with Crippen LogP contribution in [-0.2, 0) is 4.79 Å². The molecule has 0 aromatic heterocycles. The summed E-state index contributed by atoms with van der Waals surface area (Å²) in [5, 5.41) is 0. The van der Waals surface area contributed by atoms with Crippen molar-refractivity contribution in [1.82, 2.24) is 0 Å². The lowest BCUT2D eigenvalue weighted by atomic mass is 9.86. The Hall–Kier alpha value is -0.590. The number of hydrogen-bond donors (Lipinski definition) is 0. The van der Waals surface area contributed by atoms with Gasteiger partial charge < -0.3 is 0 Å². The average molecular weight is 150 g/mol. The molecule has 0 amide bonds. The Labute approximate surface area is 67.5 Å². The monoisotopic (exact) mass is 150 g/mol. The van der Waals surface area contributed by atoms with Gasteiger partial charge >= 0.3 is 0 Å². The Morgan fingerprint density at radius 3 is 3.09 bits per heavy atom. The number of rotatable bonds is 2. The molecule has 1 nitrogen and oxygen atoms in total. The molecule has 0 radical (unpaired) electrons. The molecule has 2 aliphatic rings. The Kier molecular flexibility index (Phi) is 1.59. The maximum absolute atomic E-state index is 11.5. The van der Waals surface area contributed by atoms with Gasteiger partial charge in [-0.2, -0.15) is 0 Å². The highest BCUT2D eigenvalue weighted by atomic mass is 16.1. The lowest BCUT2D eigenvalue weighted by Gasteiger charge is -2.17. The SMILES string of the molecule is C=CC[C@@H]1CC[C@@H]2C[C@H]2C1=O. The van der Waals surface area contributed by atoms with Gasteiger partial charge in [0.1, 0.15) is 5.78 Å². The summed E-state index contributed by atoms with van der Waals surface area (Å²) in [5.74, 6) is 2.11. The van der Waals surface area contributed by atoms with Gasteiger partial charge in [0.2, 0.25) is 0 Å². The van der Waals surface area contributed by atoms with E-state index in [9.17, 15) is 4.79 Å². The lowest BCUT2D eigenvalue weighted by Crippen LogP contribution is -2.20. The highest BCUT2D eigenvalue weighted by molar-refractivity contribution is 5.87. The Bertz CT molecular complexity index is 195. The minimum Gasteiger partial charge on any atom is -0.299 e. The second kappa shape index (κ2) is 2.47. The summed E-state index contributed by atoms with van der Waals surface area (Å²) in [6.45, 7) is 3.68. The van der Waals surface area contributed by atoms with Crippen molar-refractivity contribution in [3.63, 3.8) is 0 Å². The van der Waals surface area contributed by atoms with E-state index in [4.69, 9.17) is 0 Å². The van der Waals surface area contributed by atoms with E-state index >= 15 is 0 Å². The van der Waals surface area contributed by atoms with Crippen LogP contribution >= 0.6 is 0 Å². The third kappa shape index (κ3) is 1.13. The second-order valence-corrected chi connectivity index (χ2v) is 3.80. The molecule has 3 atom stereocenters. The van der Waals surface area contributed by atoms with Gasteiger partial charge in [-0.25, -0.2) is 0 Å². The van der Waals surface area contributed by atoms with Crippen molar-refractivity contribution in [2.24, 2.45) is 17.8 Å². The van der Waals surface area contributed by atoms with Crippen molar-refractivity contribution >= 4 is 5.78 Å². The first-order valence-electron chi connectivity index (χ1n) is 4.47. The van der Waals surface area contributed by atoms with E-state index in [1.54, 1.807) is 0 Å². The first-order chi connectivity index (χ1) is 5.33. The van der Waals surface area contributed by atoms with Crippen LogP contribution < -0.4 is 0 Å². The van der Waals surface area contributed by atoms with Gasteiger partial charge in [0.15, 0.2) is 0 Å². The fourth-order valence-electron chi connectivity index (χ4n) is 2.21. The zero-order chi connectivity index (χ0) is 7.84. The molecule has 2 aliphatic carbocycles. The molecule has 0 aromatic carbocycles. The number of Topliss-reactive ketones (excluding diaryl/α,β-unsaturated/α-hetero) is 1. The third-order valence-electron chi connectivity index (χ3n) is 3.03. The van der Waals surface area contributed by atoms with Crippen molar-refractivity contribution in [3.8, 4) is 0 Å². The van der Waals surface area contributed by atoms with Gasteiger partial charge in [0.25, 0.3) is 0 Å². The highest BCUT2D eigenvalue weighted by Crippen LogP contribution is 2.49. The van der Waals surface area contributed by atoms with Gasteiger partial charge in [-0.3, -0.25) is 4.79 Å². The number of fused-ring (bicyclic) bond motifs is 1. The molecule has 0 spiro atoms. The Morgan fingerprint density at radius 1 is 1.55 bits per heavy atom. The second-order valence-electron chi connectivity index (χ2n) is 3.80. The predicted molar refractivity (Wildman–Crippen MR) is 44.1 cm³/mol. The van der Waals surface area contributed by atoms with Crippen LogP contribution in [0.3, 0.4) is 0 Å². The summed E-state index contributed by atoms with van der Waals surface area (Å²) in [4.78, 5) is 11.5. The van der Waals surface area contributed by atoms with Crippen LogP contribution in [0.25, 0.3) is 0 Å². The summed E-state index contributed by atoms with van der Waals surface area (Å²) in [6, 6.07) is 0. The van der Waals surface area contributed by atoms with Crippen LogP contribution in [0.15, 0.2) is 12.7 Å². The van der Waals surface area contributed by atoms with Crippen molar-refractivity contribution in [2.75, 3.05) is 0 Å². The third-order valence-corrected chi connectivity index (χ3v) is 3.03. The fourth-order valence-corrected chi connectivity index (χ4v) is 2.21. The van der Waals surface area contributed by atoms with E-state index in [2.05, 4.69) is 6.58 Å². The average Bonchev–Trinajstić information content (AvgIpc) is 2.75. The van der Waals surface area contributed by atoms with Gasteiger partial charge in [0.05, 0.1) is 0 Å². The molecule has 0 saturated heterocycles. The van der Waals surface area contributed by atoms with Crippen LogP contribution in [0, 0.1) is 17.8 Å². The van der Waals surface area contributed by atoms with Gasteiger partial charge in [-0.1, -0.05) is 6.08 Å². The normalized spacial score (nSPS) is 41.5. The maximum atomic E-state index is 11.5. The van der Waals surface area contributed by atoms with Crippen molar-refractivity contribution in [3.05, 3.63) is 12.7 Å². The molecule has 2 rings (SSSR count). The van der Waals surface area contributed by atoms with Crippen LogP contribution in [-0.4, -0.2) is 5.78 Å². The first-order valence-corrected chi connectivity index (χ1v) is 4.47. The van der Waals surface area contributed by atoms with Gasteiger partial charge in [-0.15, -0.1) is 6.58 Å². The van der Waals surface area contributed by atoms with E-state index in [1.165, 1.54) is 12.8 Å². The van der Waals surface area contributed by atoms with Crippen molar-refractivity contribution in [2.45, 2.75) is 25.7 Å². The standard InChI is InChI=1S/C10H14O/c1-2-3-7-4-5-8-6-9(8)10(7)11/h2,7-9H,1,3-6H2/t7-,8-,9-/m1/s1. The molecular formula is C10H14O. The van der Waals surface area contributed by atoms with E-state index in [1.807, 2.05) is 6.08 Å². The molecule has 0 N–H and O–H groups in total. The van der Waals surface area contributed by atoms with E-state index in [0.717, 1.165) is 18.8 Å². The lowest BCUT2D eigenvalue weighted by molar-refractivity contribution is -0.125. The van der Waals surface area contributed by atoms with E-state index < -0.39 is 0 Å². The summed E-state index contributed by atoms with van der Waals surface area (Å²) in [6.07, 6.45) is 6.38. The van der Waals surface area contributed by atoms with Crippen molar-refractivity contribution in [1.29, 1.82) is 0 Å². The van der Waals surface area contributed by atoms with Crippen LogP contribution in [0.4, 0.5) is 0 Å². The smallest absolute Gasteiger partial charge is 0.139 e. The number of hydrogen-bond acceptors (Lipinski definition) is 1. The summed E-state index contributed by atoms with van der Waals surface area (Å²) in [5.41, 5.74) is 0. The summed E-state index contributed by atoms with van der Waals surface area (Å²) >= 11 is 0. The number of carbonyl (C=O) groups excluding carboxylic acids is 1. The first kappa shape index (κ1) is 7.08. The minimum absolute atomic E-state index is 0.330. The summed E-state index contributed by atoms with van der Waals surface area (Å²) < 4.78 is 0.